The van der Waals surface area contributed by atoms with Crippen molar-refractivity contribution >= 4 is 5.96 Å². The first kappa shape index (κ1) is 13.1. The fourth-order valence-electron chi connectivity index (χ4n) is 2.06. The standard InChI is InChI=1S/C13H25N3/c1-4-10-15-12(14-6-3)16-11-13(5-2)8-7-9-13/h4H,1,5-11H2,2-3H3,(H2,14,15,16). The predicted octanol–water partition coefficient (Wildman–Crippen LogP) is 2.31. The minimum Gasteiger partial charge on any atom is -0.357 e. The predicted molar refractivity (Wildman–Crippen MR) is 70.8 cm³/mol. The summed E-state index contributed by atoms with van der Waals surface area (Å²) in [5.74, 6) is 0.919. The lowest BCUT2D eigenvalue weighted by Gasteiger charge is -2.40. The van der Waals surface area contributed by atoms with Gasteiger partial charge < -0.3 is 10.6 Å². The van der Waals surface area contributed by atoms with Crippen LogP contribution < -0.4 is 10.6 Å². The van der Waals surface area contributed by atoms with E-state index in [2.05, 4.69) is 36.1 Å². The Bertz CT molecular complexity index is 236. The van der Waals surface area contributed by atoms with Crippen molar-refractivity contribution in [1.29, 1.82) is 0 Å². The van der Waals surface area contributed by atoms with Crippen molar-refractivity contribution in [3.05, 3.63) is 12.7 Å². The van der Waals surface area contributed by atoms with Crippen LogP contribution in [0.4, 0.5) is 0 Å². The Balaban J connectivity index is 2.45. The van der Waals surface area contributed by atoms with Crippen LogP contribution in [0.5, 0.6) is 0 Å². The van der Waals surface area contributed by atoms with E-state index in [1.807, 2.05) is 6.08 Å². The van der Waals surface area contributed by atoms with E-state index in [4.69, 9.17) is 0 Å². The molecule has 0 saturated heterocycles. The lowest BCUT2D eigenvalue weighted by molar-refractivity contribution is 0.139. The van der Waals surface area contributed by atoms with Gasteiger partial charge in [-0.05, 0) is 31.6 Å². The highest BCUT2D eigenvalue weighted by Crippen LogP contribution is 2.43. The Morgan fingerprint density at radius 3 is 2.56 bits per heavy atom. The molecular weight excluding hydrogens is 198 g/mol. The van der Waals surface area contributed by atoms with Crippen LogP contribution in [0.2, 0.25) is 0 Å². The van der Waals surface area contributed by atoms with Crippen LogP contribution in [-0.4, -0.2) is 25.6 Å². The number of nitrogens with one attached hydrogen (secondary N) is 2. The van der Waals surface area contributed by atoms with Gasteiger partial charge in [0.05, 0.1) is 0 Å². The molecule has 0 spiro atoms. The van der Waals surface area contributed by atoms with E-state index in [0.29, 0.717) is 5.41 Å². The summed E-state index contributed by atoms with van der Waals surface area (Å²) < 4.78 is 0. The molecule has 0 aromatic rings. The Hall–Kier alpha value is -0.990. The first-order valence-corrected chi connectivity index (χ1v) is 6.39. The molecule has 0 bridgehead atoms. The summed E-state index contributed by atoms with van der Waals surface area (Å²) in [5.41, 5.74) is 0.497. The first-order chi connectivity index (χ1) is 7.76. The maximum absolute atomic E-state index is 4.66. The third-order valence-electron chi connectivity index (χ3n) is 3.49. The van der Waals surface area contributed by atoms with Crippen molar-refractivity contribution in [3.63, 3.8) is 0 Å². The van der Waals surface area contributed by atoms with Crippen LogP contribution in [0.1, 0.15) is 39.5 Å². The maximum atomic E-state index is 4.66. The minimum absolute atomic E-state index is 0.497. The number of nitrogens with zero attached hydrogens (tertiary/aromatic N) is 1. The quantitative estimate of drug-likeness (QED) is 0.412. The highest BCUT2D eigenvalue weighted by Gasteiger charge is 2.34. The zero-order valence-electron chi connectivity index (χ0n) is 10.7. The topological polar surface area (TPSA) is 36.4 Å². The number of rotatable bonds is 6. The number of hydrogen-bond acceptors (Lipinski definition) is 1. The van der Waals surface area contributed by atoms with Gasteiger partial charge in [0.1, 0.15) is 0 Å². The van der Waals surface area contributed by atoms with Crippen molar-refractivity contribution < 1.29 is 0 Å². The van der Waals surface area contributed by atoms with E-state index >= 15 is 0 Å². The summed E-state index contributed by atoms with van der Waals surface area (Å²) in [6.45, 7) is 10.7. The summed E-state index contributed by atoms with van der Waals surface area (Å²) in [4.78, 5) is 4.66. The van der Waals surface area contributed by atoms with Crippen LogP contribution in [0.25, 0.3) is 0 Å². The monoisotopic (exact) mass is 223 g/mol. The Morgan fingerprint density at radius 1 is 1.38 bits per heavy atom. The van der Waals surface area contributed by atoms with Gasteiger partial charge in [0.2, 0.25) is 0 Å². The highest BCUT2D eigenvalue weighted by atomic mass is 15.2. The van der Waals surface area contributed by atoms with Crippen molar-refractivity contribution in [3.8, 4) is 0 Å². The third-order valence-corrected chi connectivity index (χ3v) is 3.49. The number of guanidine groups is 1. The SMILES string of the molecule is C=CCNC(=NCC1(CC)CCC1)NCC. The van der Waals surface area contributed by atoms with Gasteiger partial charge in [-0.1, -0.05) is 19.4 Å². The molecule has 0 heterocycles. The van der Waals surface area contributed by atoms with Crippen molar-refractivity contribution in [2.24, 2.45) is 10.4 Å². The van der Waals surface area contributed by atoms with Crippen molar-refractivity contribution in [1.82, 2.24) is 10.6 Å². The molecule has 0 aromatic carbocycles. The van der Waals surface area contributed by atoms with E-state index in [9.17, 15) is 0 Å². The fraction of sp³-hybridized carbons (Fsp3) is 0.769. The van der Waals surface area contributed by atoms with Gasteiger partial charge in [-0.15, -0.1) is 6.58 Å². The maximum Gasteiger partial charge on any atom is 0.191 e. The Labute approximate surface area is 99.4 Å². The van der Waals surface area contributed by atoms with E-state index in [1.54, 1.807) is 0 Å². The second-order valence-corrected chi connectivity index (χ2v) is 4.57. The van der Waals surface area contributed by atoms with E-state index < -0.39 is 0 Å². The molecule has 3 heteroatoms. The molecule has 0 atom stereocenters. The van der Waals surface area contributed by atoms with Crippen molar-refractivity contribution in [2.45, 2.75) is 39.5 Å². The van der Waals surface area contributed by atoms with Crippen LogP contribution >= 0.6 is 0 Å². The van der Waals surface area contributed by atoms with Gasteiger partial charge in [0, 0.05) is 19.6 Å². The zero-order valence-corrected chi connectivity index (χ0v) is 10.7. The van der Waals surface area contributed by atoms with E-state index in [-0.39, 0.29) is 0 Å². The fourth-order valence-corrected chi connectivity index (χ4v) is 2.06. The van der Waals surface area contributed by atoms with Crippen LogP contribution in [0, 0.1) is 5.41 Å². The van der Waals surface area contributed by atoms with Crippen molar-refractivity contribution in [2.75, 3.05) is 19.6 Å². The van der Waals surface area contributed by atoms with E-state index in [0.717, 1.165) is 25.6 Å². The minimum atomic E-state index is 0.497. The molecular formula is C13H25N3. The average molecular weight is 223 g/mol. The smallest absolute Gasteiger partial charge is 0.191 e. The molecule has 1 saturated carbocycles. The molecule has 0 amide bonds. The summed E-state index contributed by atoms with van der Waals surface area (Å²) in [6, 6.07) is 0. The highest BCUT2D eigenvalue weighted by molar-refractivity contribution is 5.79. The molecule has 16 heavy (non-hydrogen) atoms. The molecule has 3 nitrogen and oxygen atoms in total. The molecule has 1 rings (SSSR count). The molecule has 1 aliphatic rings. The number of hydrogen-bond donors (Lipinski definition) is 2. The van der Waals surface area contributed by atoms with Crippen LogP contribution in [0.15, 0.2) is 17.6 Å². The molecule has 0 unspecified atom stereocenters. The summed E-state index contributed by atoms with van der Waals surface area (Å²) in [5, 5.41) is 6.49. The third kappa shape index (κ3) is 3.54. The van der Waals surface area contributed by atoms with Gasteiger partial charge in [-0.25, -0.2) is 0 Å². The van der Waals surface area contributed by atoms with E-state index in [1.165, 1.54) is 25.7 Å². The normalized spacial score (nSPS) is 18.8. The first-order valence-electron chi connectivity index (χ1n) is 6.39. The molecule has 1 fully saturated rings. The Morgan fingerprint density at radius 2 is 2.12 bits per heavy atom. The molecule has 0 aliphatic heterocycles. The molecule has 1 aliphatic carbocycles. The Kier molecular flexibility index (Phi) is 5.36. The average Bonchev–Trinajstić information content (AvgIpc) is 2.24. The molecule has 0 radical (unpaired) electrons. The lowest BCUT2D eigenvalue weighted by Crippen LogP contribution is -2.39. The van der Waals surface area contributed by atoms with Crippen LogP contribution in [-0.2, 0) is 0 Å². The summed E-state index contributed by atoms with van der Waals surface area (Å²) in [7, 11) is 0. The second kappa shape index (κ2) is 6.56. The molecule has 92 valence electrons. The van der Waals surface area contributed by atoms with Gasteiger partial charge in [-0.3, -0.25) is 4.99 Å². The second-order valence-electron chi connectivity index (χ2n) is 4.57. The largest absolute Gasteiger partial charge is 0.357 e. The number of aliphatic imine (C=N–C) groups is 1. The van der Waals surface area contributed by atoms with Gasteiger partial charge >= 0.3 is 0 Å². The van der Waals surface area contributed by atoms with Gasteiger partial charge in [0.25, 0.3) is 0 Å². The van der Waals surface area contributed by atoms with Gasteiger partial charge in [0.15, 0.2) is 5.96 Å². The van der Waals surface area contributed by atoms with Crippen LogP contribution in [0.3, 0.4) is 0 Å². The zero-order chi connectivity index (χ0) is 11.9. The lowest BCUT2D eigenvalue weighted by atomic mass is 9.67. The molecule has 0 aromatic heterocycles. The summed E-state index contributed by atoms with van der Waals surface area (Å²) in [6.07, 6.45) is 7.16. The molecule has 2 N–H and O–H groups in total. The van der Waals surface area contributed by atoms with Gasteiger partial charge in [-0.2, -0.15) is 0 Å². The summed E-state index contributed by atoms with van der Waals surface area (Å²) >= 11 is 0.